The van der Waals surface area contributed by atoms with Crippen LogP contribution in [0.3, 0.4) is 0 Å². The fourth-order valence-electron chi connectivity index (χ4n) is 0.688. The van der Waals surface area contributed by atoms with Crippen molar-refractivity contribution in [1.82, 2.24) is 0 Å². The number of nitrogens with two attached hydrogens (primary N) is 2. The maximum atomic E-state index is 12.2. The van der Waals surface area contributed by atoms with Crippen LogP contribution in [0.5, 0.6) is 0 Å². The van der Waals surface area contributed by atoms with Gasteiger partial charge in [-0.15, -0.1) is 0 Å². The van der Waals surface area contributed by atoms with E-state index in [9.17, 15) is 13.6 Å². The Bertz CT molecular complexity index is 168. The first-order valence-corrected chi connectivity index (χ1v) is 3.80. The molecule has 0 bridgehead atoms. The van der Waals surface area contributed by atoms with Crippen molar-refractivity contribution in [2.24, 2.45) is 11.5 Å². The molecule has 0 saturated carbocycles. The molecule has 0 aliphatic carbocycles. The minimum absolute atomic E-state index is 0.191. The highest BCUT2D eigenvalue weighted by Crippen LogP contribution is 2.21. The second-order valence-corrected chi connectivity index (χ2v) is 2.85. The summed E-state index contributed by atoms with van der Waals surface area (Å²) < 4.78 is 24.4. The molecule has 0 aliphatic heterocycles. The number of hydrogen-bond acceptors (Lipinski definition) is 3. The molecular weight excluding hydrogens is 190 g/mol. The molecule has 3 nitrogen and oxygen atoms in total. The Hall–Kier alpha value is -0.260. The van der Waals surface area contributed by atoms with Gasteiger partial charge in [0.05, 0.1) is 0 Å². The van der Waals surface area contributed by atoms with Gasteiger partial charge in [0.15, 0.2) is 5.54 Å². The maximum absolute atomic E-state index is 12.2. The van der Waals surface area contributed by atoms with Crippen LogP contribution in [0.15, 0.2) is 0 Å². The molecule has 6 heteroatoms. The molecule has 0 saturated heterocycles. The molecule has 0 fully saturated rings. The highest BCUT2D eigenvalue weighted by molar-refractivity contribution is 6.65. The molecule has 0 radical (unpaired) electrons. The van der Waals surface area contributed by atoms with Gasteiger partial charge < -0.3 is 11.5 Å². The maximum Gasteiger partial charge on any atom is 0.264 e. The van der Waals surface area contributed by atoms with Crippen LogP contribution in [0, 0.1) is 0 Å². The highest BCUT2D eigenvalue weighted by Gasteiger charge is 2.41. The fraction of sp³-hybridized carbons (Fsp3) is 0.833. The number of alkyl halides is 2. The zero-order valence-electron chi connectivity index (χ0n) is 6.40. The summed E-state index contributed by atoms with van der Waals surface area (Å²) in [6.45, 7) is 0.204. The van der Waals surface area contributed by atoms with Crippen LogP contribution in [0.4, 0.5) is 8.78 Å². The lowest BCUT2D eigenvalue weighted by Gasteiger charge is -2.23. The Kier molecular flexibility index (Phi) is 4.59. The van der Waals surface area contributed by atoms with E-state index in [4.69, 9.17) is 23.1 Å². The zero-order valence-corrected chi connectivity index (χ0v) is 7.15. The quantitative estimate of drug-likeness (QED) is 0.634. The van der Waals surface area contributed by atoms with Crippen LogP contribution in [0.2, 0.25) is 0 Å². The molecule has 0 aromatic carbocycles. The molecule has 1 unspecified atom stereocenters. The van der Waals surface area contributed by atoms with E-state index in [1.165, 1.54) is 0 Å². The average molecular weight is 201 g/mol. The third-order valence-electron chi connectivity index (χ3n) is 1.55. The van der Waals surface area contributed by atoms with Crippen molar-refractivity contribution in [3.05, 3.63) is 0 Å². The van der Waals surface area contributed by atoms with Gasteiger partial charge in [-0.05, 0) is 31.0 Å². The smallest absolute Gasteiger partial charge is 0.264 e. The Labute approximate surface area is 74.0 Å². The van der Waals surface area contributed by atoms with Crippen molar-refractivity contribution in [2.45, 2.75) is 24.8 Å². The second-order valence-electron chi connectivity index (χ2n) is 2.51. The number of carbonyl (C=O) groups is 1. The molecule has 0 spiro atoms. The van der Waals surface area contributed by atoms with Crippen molar-refractivity contribution in [3.8, 4) is 0 Å². The summed E-state index contributed by atoms with van der Waals surface area (Å²) in [7, 11) is 0. The molecule has 0 aromatic heterocycles. The van der Waals surface area contributed by atoms with Crippen molar-refractivity contribution in [2.75, 3.05) is 6.54 Å². The third kappa shape index (κ3) is 2.66. The first-order valence-electron chi connectivity index (χ1n) is 3.42. The van der Waals surface area contributed by atoms with E-state index in [0.717, 1.165) is 0 Å². The first-order chi connectivity index (χ1) is 5.45. The van der Waals surface area contributed by atoms with Gasteiger partial charge >= 0.3 is 0 Å². The van der Waals surface area contributed by atoms with Gasteiger partial charge in [0.2, 0.25) is 5.24 Å². The van der Waals surface area contributed by atoms with E-state index in [-0.39, 0.29) is 19.4 Å². The molecule has 0 amide bonds. The molecule has 72 valence electrons. The van der Waals surface area contributed by atoms with E-state index in [0.29, 0.717) is 0 Å². The predicted octanol–water partition coefficient (Wildman–Crippen LogP) is 0.453. The average Bonchev–Trinajstić information content (AvgIpc) is 1.99. The van der Waals surface area contributed by atoms with E-state index in [1.807, 2.05) is 0 Å². The molecule has 1 atom stereocenters. The van der Waals surface area contributed by atoms with E-state index in [2.05, 4.69) is 0 Å². The summed E-state index contributed by atoms with van der Waals surface area (Å²) in [5.74, 6) is 0. The normalized spacial score (nSPS) is 16.2. The Balaban J connectivity index is 4.29. The van der Waals surface area contributed by atoms with Gasteiger partial charge in [0.1, 0.15) is 0 Å². The first kappa shape index (κ1) is 11.7. The Morgan fingerprint density at radius 1 is 1.58 bits per heavy atom. The lowest BCUT2D eigenvalue weighted by atomic mass is 9.97. The van der Waals surface area contributed by atoms with Gasteiger partial charge in [-0.25, -0.2) is 8.78 Å². The molecule has 0 heterocycles. The summed E-state index contributed by atoms with van der Waals surface area (Å²) >= 11 is 4.93. The third-order valence-corrected chi connectivity index (χ3v) is 1.90. The second kappa shape index (κ2) is 4.69. The number of halogens is 3. The van der Waals surface area contributed by atoms with Gasteiger partial charge in [-0.2, -0.15) is 0 Å². The van der Waals surface area contributed by atoms with Crippen LogP contribution in [0.1, 0.15) is 12.8 Å². The fourth-order valence-corrected chi connectivity index (χ4v) is 0.865. The van der Waals surface area contributed by atoms with Crippen LogP contribution < -0.4 is 11.5 Å². The number of carbonyl (C=O) groups excluding carboxylic acids is 1. The van der Waals surface area contributed by atoms with Crippen molar-refractivity contribution in [1.29, 1.82) is 0 Å². The monoisotopic (exact) mass is 200 g/mol. The number of hydrogen-bond donors (Lipinski definition) is 2. The van der Waals surface area contributed by atoms with Crippen molar-refractivity contribution >= 4 is 16.8 Å². The lowest BCUT2D eigenvalue weighted by Crippen LogP contribution is -2.52. The predicted molar refractivity (Wildman–Crippen MR) is 42.1 cm³/mol. The van der Waals surface area contributed by atoms with E-state index in [1.54, 1.807) is 0 Å². The van der Waals surface area contributed by atoms with Crippen molar-refractivity contribution < 1.29 is 13.6 Å². The minimum Gasteiger partial charge on any atom is -0.330 e. The SMILES string of the molecule is NCCCC(N)(C(=O)Cl)C(F)F. The van der Waals surface area contributed by atoms with Crippen molar-refractivity contribution in [3.63, 3.8) is 0 Å². The van der Waals surface area contributed by atoms with Crippen LogP contribution >= 0.6 is 11.6 Å². The molecule has 0 rings (SSSR count). The Morgan fingerprint density at radius 3 is 2.33 bits per heavy atom. The largest absolute Gasteiger partial charge is 0.330 e. The van der Waals surface area contributed by atoms with E-state index >= 15 is 0 Å². The zero-order chi connectivity index (χ0) is 9.78. The highest BCUT2D eigenvalue weighted by atomic mass is 35.5. The lowest BCUT2D eigenvalue weighted by molar-refractivity contribution is -0.122. The summed E-state index contributed by atoms with van der Waals surface area (Å²) in [5.41, 5.74) is 7.93. The molecular formula is C6H11ClF2N2O. The van der Waals surface area contributed by atoms with Gasteiger partial charge in [-0.1, -0.05) is 0 Å². The van der Waals surface area contributed by atoms with Crippen LogP contribution in [0.25, 0.3) is 0 Å². The standard InChI is InChI=1S/C6H11ClF2N2O/c7-4(12)6(11,5(8)9)2-1-3-10/h5H,1-3,10-11H2. The van der Waals surface area contributed by atoms with Gasteiger partial charge in [0.25, 0.3) is 6.43 Å². The summed E-state index contributed by atoms with van der Waals surface area (Å²) in [5, 5.41) is -1.22. The molecule has 12 heavy (non-hydrogen) atoms. The molecule has 0 aliphatic rings. The topological polar surface area (TPSA) is 69.1 Å². The Morgan fingerprint density at radius 2 is 2.08 bits per heavy atom. The molecule has 0 aromatic rings. The van der Waals surface area contributed by atoms with Crippen LogP contribution in [-0.2, 0) is 4.79 Å². The van der Waals surface area contributed by atoms with Gasteiger partial charge in [-0.3, -0.25) is 4.79 Å². The summed E-state index contributed by atoms with van der Waals surface area (Å²) in [4.78, 5) is 10.5. The molecule has 4 N–H and O–H groups in total. The number of rotatable bonds is 5. The van der Waals surface area contributed by atoms with E-state index < -0.39 is 17.2 Å². The summed E-state index contributed by atoms with van der Waals surface area (Å²) in [6.07, 6.45) is -2.89. The summed E-state index contributed by atoms with van der Waals surface area (Å²) in [6, 6.07) is 0. The van der Waals surface area contributed by atoms with Crippen LogP contribution in [-0.4, -0.2) is 23.8 Å². The minimum atomic E-state index is -2.95. The van der Waals surface area contributed by atoms with Gasteiger partial charge in [0, 0.05) is 0 Å².